The van der Waals surface area contributed by atoms with E-state index in [0.29, 0.717) is 31.8 Å². The van der Waals surface area contributed by atoms with Gasteiger partial charge in [0.2, 0.25) is 11.8 Å². The molecule has 5 nitrogen and oxygen atoms in total. The molecule has 1 heterocycles. The molecule has 0 spiro atoms. The summed E-state index contributed by atoms with van der Waals surface area (Å²) in [5.41, 5.74) is -0.470. The van der Waals surface area contributed by atoms with Crippen LogP contribution < -0.4 is 4.74 Å². The van der Waals surface area contributed by atoms with E-state index >= 15 is 0 Å². The summed E-state index contributed by atoms with van der Waals surface area (Å²) < 4.78 is 44.2. The molecule has 3 rings (SSSR count). The highest BCUT2D eigenvalue weighted by atomic mass is 19.4. The van der Waals surface area contributed by atoms with Gasteiger partial charge >= 0.3 is 6.18 Å². The molecule has 0 radical (unpaired) electrons. The first-order valence-corrected chi connectivity index (χ1v) is 9.72. The number of alkyl halides is 3. The lowest BCUT2D eigenvalue weighted by atomic mass is 10.1. The Hall–Kier alpha value is -3.03. The molecule has 1 fully saturated rings. The van der Waals surface area contributed by atoms with Gasteiger partial charge in [-0.25, -0.2) is 0 Å². The normalized spacial score (nSPS) is 15.1. The predicted molar refractivity (Wildman–Crippen MR) is 105 cm³/mol. The number of ether oxygens (including phenoxy) is 1. The Morgan fingerprint density at radius 1 is 1.00 bits per heavy atom. The van der Waals surface area contributed by atoms with E-state index in [1.807, 2.05) is 30.3 Å². The maximum Gasteiger partial charge on any atom is 0.416 e. The van der Waals surface area contributed by atoms with E-state index in [9.17, 15) is 22.8 Å². The largest absolute Gasteiger partial charge is 0.492 e. The van der Waals surface area contributed by atoms with Gasteiger partial charge < -0.3 is 14.5 Å². The zero-order chi connectivity index (χ0) is 21.6. The Kier molecular flexibility index (Phi) is 6.97. The number of hydrogen-bond acceptors (Lipinski definition) is 3. The van der Waals surface area contributed by atoms with Crippen LogP contribution in [0.5, 0.6) is 5.75 Å². The number of amides is 2. The fourth-order valence-corrected chi connectivity index (χ4v) is 3.29. The van der Waals surface area contributed by atoms with Crippen molar-refractivity contribution in [1.29, 1.82) is 0 Å². The predicted octanol–water partition coefficient (Wildman–Crippen LogP) is 3.39. The number of para-hydroxylation sites is 1. The lowest BCUT2D eigenvalue weighted by Gasteiger charge is -2.22. The third kappa shape index (κ3) is 5.98. The van der Waals surface area contributed by atoms with Crippen LogP contribution in [0.25, 0.3) is 0 Å². The molecule has 2 amide bonds. The minimum Gasteiger partial charge on any atom is -0.492 e. The van der Waals surface area contributed by atoms with Gasteiger partial charge in [-0.1, -0.05) is 36.4 Å². The van der Waals surface area contributed by atoms with E-state index in [2.05, 4.69) is 0 Å². The standard InChI is InChI=1S/C22H23F3N2O3/c23-22(24,25)18-6-4-5-17(15-18)16-21(29)26-10-9-20(28)27(12-11-26)13-14-30-19-7-2-1-3-8-19/h1-8,15H,9-14,16H2. The van der Waals surface area contributed by atoms with E-state index in [1.54, 1.807) is 4.90 Å². The van der Waals surface area contributed by atoms with E-state index in [0.717, 1.165) is 17.9 Å². The quantitative estimate of drug-likeness (QED) is 0.720. The number of benzene rings is 2. The highest BCUT2D eigenvalue weighted by Crippen LogP contribution is 2.29. The molecule has 0 bridgehead atoms. The molecule has 0 aliphatic carbocycles. The van der Waals surface area contributed by atoms with Crippen molar-refractivity contribution in [2.75, 3.05) is 32.8 Å². The van der Waals surface area contributed by atoms with Crippen molar-refractivity contribution in [3.05, 3.63) is 65.7 Å². The van der Waals surface area contributed by atoms with Crippen molar-refractivity contribution in [1.82, 2.24) is 9.80 Å². The second-order valence-corrected chi connectivity index (χ2v) is 7.05. The van der Waals surface area contributed by atoms with Crippen LogP contribution in [0.3, 0.4) is 0 Å². The zero-order valence-electron chi connectivity index (χ0n) is 16.4. The average molecular weight is 420 g/mol. The van der Waals surface area contributed by atoms with Gasteiger partial charge in [0.1, 0.15) is 12.4 Å². The molecule has 0 saturated carbocycles. The number of carbonyl (C=O) groups excluding carboxylic acids is 2. The lowest BCUT2D eigenvalue weighted by molar-refractivity contribution is -0.138. The van der Waals surface area contributed by atoms with Gasteiger partial charge in [-0.2, -0.15) is 13.2 Å². The molecule has 1 saturated heterocycles. The Balaban J connectivity index is 1.52. The summed E-state index contributed by atoms with van der Waals surface area (Å²) >= 11 is 0. The van der Waals surface area contributed by atoms with Crippen molar-refractivity contribution >= 4 is 11.8 Å². The van der Waals surface area contributed by atoms with Crippen molar-refractivity contribution in [2.24, 2.45) is 0 Å². The minimum atomic E-state index is -4.45. The zero-order valence-corrected chi connectivity index (χ0v) is 16.4. The number of rotatable bonds is 6. The van der Waals surface area contributed by atoms with E-state index in [-0.39, 0.29) is 31.2 Å². The summed E-state index contributed by atoms with van der Waals surface area (Å²) in [7, 11) is 0. The van der Waals surface area contributed by atoms with Crippen molar-refractivity contribution in [3.8, 4) is 5.75 Å². The average Bonchev–Trinajstić information content (AvgIpc) is 2.90. The van der Waals surface area contributed by atoms with Crippen LogP contribution in [-0.2, 0) is 22.2 Å². The first-order valence-electron chi connectivity index (χ1n) is 9.72. The smallest absolute Gasteiger partial charge is 0.416 e. The monoisotopic (exact) mass is 420 g/mol. The maximum absolute atomic E-state index is 12.9. The molecule has 0 N–H and O–H groups in total. The van der Waals surface area contributed by atoms with Crippen LogP contribution in [0.4, 0.5) is 13.2 Å². The van der Waals surface area contributed by atoms with Gasteiger partial charge in [0, 0.05) is 26.1 Å². The van der Waals surface area contributed by atoms with Crippen molar-refractivity contribution < 1.29 is 27.5 Å². The molecule has 0 aromatic heterocycles. The summed E-state index contributed by atoms with van der Waals surface area (Å²) in [5, 5.41) is 0. The van der Waals surface area contributed by atoms with E-state index < -0.39 is 11.7 Å². The summed E-state index contributed by atoms with van der Waals surface area (Å²) in [5.74, 6) is 0.364. The molecule has 1 aliphatic rings. The van der Waals surface area contributed by atoms with Crippen LogP contribution in [0, 0.1) is 0 Å². The summed E-state index contributed by atoms with van der Waals surface area (Å²) in [4.78, 5) is 28.1. The van der Waals surface area contributed by atoms with Crippen LogP contribution in [0.1, 0.15) is 17.5 Å². The van der Waals surface area contributed by atoms with Crippen molar-refractivity contribution in [2.45, 2.75) is 19.0 Å². The molecule has 8 heteroatoms. The molecule has 2 aromatic carbocycles. The SMILES string of the molecule is O=C1CCN(C(=O)Cc2cccc(C(F)(F)F)c2)CCN1CCOc1ccccc1. The number of halogens is 3. The Morgan fingerprint density at radius 2 is 1.77 bits per heavy atom. The highest BCUT2D eigenvalue weighted by Gasteiger charge is 2.31. The van der Waals surface area contributed by atoms with Gasteiger partial charge in [-0.05, 0) is 23.8 Å². The lowest BCUT2D eigenvalue weighted by Crippen LogP contribution is -2.38. The minimum absolute atomic E-state index is 0.0685. The van der Waals surface area contributed by atoms with Crippen LogP contribution >= 0.6 is 0 Å². The van der Waals surface area contributed by atoms with Gasteiger partial charge in [0.05, 0.1) is 18.5 Å². The topological polar surface area (TPSA) is 49.9 Å². The first kappa shape index (κ1) is 21.7. The molecule has 1 aliphatic heterocycles. The second-order valence-electron chi connectivity index (χ2n) is 7.05. The van der Waals surface area contributed by atoms with Crippen LogP contribution in [0.2, 0.25) is 0 Å². The molecule has 0 unspecified atom stereocenters. The maximum atomic E-state index is 12.9. The van der Waals surface area contributed by atoms with Crippen LogP contribution in [0.15, 0.2) is 54.6 Å². The molecule has 0 atom stereocenters. The fraction of sp³-hybridized carbons (Fsp3) is 0.364. The van der Waals surface area contributed by atoms with E-state index in [1.165, 1.54) is 17.0 Å². The Bertz CT molecular complexity index is 871. The van der Waals surface area contributed by atoms with Gasteiger partial charge in [-0.3, -0.25) is 9.59 Å². The molecule has 2 aromatic rings. The number of nitrogens with zero attached hydrogens (tertiary/aromatic N) is 2. The second kappa shape index (κ2) is 9.65. The Morgan fingerprint density at radius 3 is 2.50 bits per heavy atom. The van der Waals surface area contributed by atoms with Gasteiger partial charge in [-0.15, -0.1) is 0 Å². The van der Waals surface area contributed by atoms with Crippen molar-refractivity contribution in [3.63, 3.8) is 0 Å². The fourth-order valence-electron chi connectivity index (χ4n) is 3.29. The third-order valence-electron chi connectivity index (χ3n) is 4.92. The number of hydrogen-bond donors (Lipinski definition) is 0. The van der Waals surface area contributed by atoms with E-state index in [4.69, 9.17) is 4.74 Å². The van der Waals surface area contributed by atoms with Gasteiger partial charge in [0.15, 0.2) is 0 Å². The first-order chi connectivity index (χ1) is 14.3. The summed E-state index contributed by atoms with van der Waals surface area (Å²) in [6.45, 7) is 1.71. The third-order valence-corrected chi connectivity index (χ3v) is 4.92. The summed E-state index contributed by atoms with van der Waals surface area (Å²) in [6.07, 6.45) is -4.40. The molecule has 160 valence electrons. The molecular formula is C22H23F3N2O3. The molecular weight excluding hydrogens is 397 g/mol. The Labute approximate surface area is 173 Å². The van der Waals surface area contributed by atoms with Crippen LogP contribution in [-0.4, -0.2) is 54.4 Å². The summed E-state index contributed by atoms with van der Waals surface area (Å²) in [6, 6.07) is 14.0. The number of carbonyl (C=O) groups is 2. The highest BCUT2D eigenvalue weighted by molar-refractivity contribution is 5.81. The molecule has 30 heavy (non-hydrogen) atoms. The van der Waals surface area contributed by atoms with Gasteiger partial charge in [0.25, 0.3) is 0 Å².